The minimum absolute atomic E-state index is 0.111. The highest BCUT2D eigenvalue weighted by molar-refractivity contribution is 6.04. The highest BCUT2D eigenvalue weighted by Crippen LogP contribution is 2.39. The number of phenols is 1. The third-order valence-corrected chi connectivity index (χ3v) is 5.54. The third-order valence-electron chi connectivity index (χ3n) is 5.54. The summed E-state index contributed by atoms with van der Waals surface area (Å²) in [6.45, 7) is 2.06. The number of fused-ring (bicyclic) bond motifs is 1. The molecule has 1 aliphatic carbocycles. The number of phenolic OH excluding ortho intramolecular Hbond substituents is 1. The number of nitrogens with zero attached hydrogens (tertiary/aromatic N) is 4. The van der Waals surface area contributed by atoms with Crippen molar-refractivity contribution in [2.75, 3.05) is 22.2 Å². The first-order valence-corrected chi connectivity index (χ1v) is 9.57. The maximum Gasteiger partial charge on any atom is 0.249 e. The number of hydrogen-bond acceptors (Lipinski definition) is 6. The van der Waals surface area contributed by atoms with Crippen molar-refractivity contribution in [2.45, 2.75) is 51.1 Å². The highest BCUT2D eigenvalue weighted by Gasteiger charge is 2.41. The molecule has 1 aromatic carbocycles. The molecule has 1 saturated carbocycles. The molecule has 1 aliphatic heterocycles. The van der Waals surface area contributed by atoms with E-state index in [4.69, 9.17) is 4.98 Å². The zero-order chi connectivity index (χ0) is 19.0. The number of likely N-dealkylation sites (N-methyl/N-ethyl adjacent to an activating group) is 1. The van der Waals surface area contributed by atoms with Gasteiger partial charge in [-0.25, -0.2) is 4.98 Å². The zero-order valence-corrected chi connectivity index (χ0v) is 15.7. The van der Waals surface area contributed by atoms with Crippen LogP contribution in [0.3, 0.4) is 0 Å². The fourth-order valence-corrected chi connectivity index (χ4v) is 4.12. The molecule has 2 heterocycles. The first kappa shape index (κ1) is 17.6. The number of anilines is 4. The van der Waals surface area contributed by atoms with Crippen molar-refractivity contribution in [3.8, 4) is 5.75 Å². The first-order valence-electron chi connectivity index (χ1n) is 9.57. The molecule has 2 N–H and O–H groups in total. The van der Waals surface area contributed by atoms with E-state index in [0.717, 1.165) is 36.5 Å². The Balaban J connectivity index is 1.72. The Bertz CT molecular complexity index is 833. The summed E-state index contributed by atoms with van der Waals surface area (Å²) in [7, 11) is 1.80. The molecule has 0 spiro atoms. The molecule has 2 aliphatic rings. The Morgan fingerprint density at radius 3 is 2.59 bits per heavy atom. The molecule has 1 aromatic heterocycles. The molecule has 1 fully saturated rings. The van der Waals surface area contributed by atoms with Gasteiger partial charge in [-0.3, -0.25) is 4.79 Å². The Labute approximate surface area is 159 Å². The summed E-state index contributed by atoms with van der Waals surface area (Å²) < 4.78 is 0. The summed E-state index contributed by atoms with van der Waals surface area (Å²) in [5, 5.41) is 12.6. The number of amides is 1. The van der Waals surface area contributed by atoms with Gasteiger partial charge in [0.15, 0.2) is 5.82 Å². The van der Waals surface area contributed by atoms with Crippen molar-refractivity contribution >= 4 is 29.0 Å². The van der Waals surface area contributed by atoms with Crippen LogP contribution >= 0.6 is 0 Å². The molecule has 4 rings (SSSR count). The van der Waals surface area contributed by atoms with Gasteiger partial charge in [-0.2, -0.15) is 4.98 Å². The van der Waals surface area contributed by atoms with Gasteiger partial charge in [-0.1, -0.05) is 19.8 Å². The molecule has 1 atom stereocenters. The lowest BCUT2D eigenvalue weighted by Gasteiger charge is -2.43. The third kappa shape index (κ3) is 3.18. The van der Waals surface area contributed by atoms with Crippen LogP contribution in [-0.2, 0) is 4.79 Å². The van der Waals surface area contributed by atoms with Crippen LogP contribution in [0.15, 0.2) is 30.5 Å². The summed E-state index contributed by atoms with van der Waals surface area (Å²) in [5.74, 6) is 1.64. The van der Waals surface area contributed by atoms with Crippen molar-refractivity contribution in [3.05, 3.63) is 30.5 Å². The molecule has 0 bridgehead atoms. The summed E-state index contributed by atoms with van der Waals surface area (Å²) in [5.41, 5.74) is 1.56. The van der Waals surface area contributed by atoms with E-state index in [-0.39, 0.29) is 17.7 Å². The lowest BCUT2D eigenvalue weighted by Crippen LogP contribution is -2.55. The van der Waals surface area contributed by atoms with E-state index in [1.807, 2.05) is 0 Å². The SMILES string of the molecule is CC[C@@H]1C(=O)N(C)c2cnc(Nc3ccc(O)cc3)nc2N1C1CCCC1. The van der Waals surface area contributed by atoms with E-state index in [1.165, 1.54) is 12.8 Å². The van der Waals surface area contributed by atoms with Gasteiger partial charge in [0.2, 0.25) is 11.9 Å². The number of aromatic nitrogens is 2. The molecule has 0 radical (unpaired) electrons. The number of carbonyl (C=O) groups excluding carboxylic acids is 1. The lowest BCUT2D eigenvalue weighted by molar-refractivity contribution is -0.120. The zero-order valence-electron chi connectivity index (χ0n) is 15.7. The van der Waals surface area contributed by atoms with Crippen LogP contribution in [0.1, 0.15) is 39.0 Å². The average molecular weight is 367 g/mol. The largest absolute Gasteiger partial charge is 0.508 e. The fraction of sp³-hybridized carbons (Fsp3) is 0.450. The van der Waals surface area contributed by atoms with Gasteiger partial charge in [-0.05, 0) is 43.5 Å². The van der Waals surface area contributed by atoms with E-state index in [2.05, 4.69) is 22.1 Å². The number of nitrogens with one attached hydrogen (secondary N) is 1. The van der Waals surface area contributed by atoms with Crippen molar-refractivity contribution in [1.29, 1.82) is 0 Å². The molecule has 2 aromatic rings. The minimum atomic E-state index is -0.179. The number of rotatable bonds is 4. The summed E-state index contributed by atoms with van der Waals surface area (Å²) in [6.07, 6.45) is 7.05. The van der Waals surface area contributed by atoms with Gasteiger partial charge >= 0.3 is 0 Å². The monoisotopic (exact) mass is 367 g/mol. The Kier molecular flexibility index (Phi) is 4.59. The molecular formula is C20H25N5O2. The van der Waals surface area contributed by atoms with Crippen molar-refractivity contribution < 1.29 is 9.90 Å². The number of aromatic hydroxyl groups is 1. The van der Waals surface area contributed by atoms with Crippen LogP contribution in [-0.4, -0.2) is 40.1 Å². The van der Waals surface area contributed by atoms with Crippen molar-refractivity contribution in [2.24, 2.45) is 0 Å². The summed E-state index contributed by atoms with van der Waals surface area (Å²) in [4.78, 5) is 26.0. The highest BCUT2D eigenvalue weighted by atomic mass is 16.3. The second-order valence-electron chi connectivity index (χ2n) is 7.24. The van der Waals surface area contributed by atoms with Crippen LogP contribution in [0.4, 0.5) is 23.1 Å². The number of benzene rings is 1. The van der Waals surface area contributed by atoms with E-state index in [0.29, 0.717) is 12.0 Å². The molecular weight excluding hydrogens is 342 g/mol. The van der Waals surface area contributed by atoms with Gasteiger partial charge in [0.1, 0.15) is 17.5 Å². The quantitative estimate of drug-likeness (QED) is 0.806. The Morgan fingerprint density at radius 1 is 1.22 bits per heavy atom. The fourth-order valence-electron chi connectivity index (χ4n) is 4.12. The van der Waals surface area contributed by atoms with E-state index >= 15 is 0 Å². The van der Waals surface area contributed by atoms with Gasteiger partial charge in [0, 0.05) is 18.8 Å². The maximum absolute atomic E-state index is 12.9. The lowest BCUT2D eigenvalue weighted by atomic mass is 10.0. The van der Waals surface area contributed by atoms with E-state index in [9.17, 15) is 9.90 Å². The number of hydrogen-bond donors (Lipinski definition) is 2. The van der Waals surface area contributed by atoms with Crippen molar-refractivity contribution in [3.63, 3.8) is 0 Å². The second kappa shape index (κ2) is 7.06. The van der Waals surface area contributed by atoms with Crippen LogP contribution in [0.25, 0.3) is 0 Å². The molecule has 1 amide bonds. The standard InChI is InChI=1S/C20H25N5O2/c1-3-16-19(27)24(2)17-12-21-20(22-13-8-10-15(26)11-9-13)23-18(17)25(16)14-6-4-5-7-14/h8-12,14,16,26H,3-7H2,1-2H3,(H,21,22,23)/t16-/m1/s1. The molecule has 142 valence electrons. The minimum Gasteiger partial charge on any atom is -0.508 e. The van der Waals surface area contributed by atoms with Crippen molar-refractivity contribution in [1.82, 2.24) is 9.97 Å². The Morgan fingerprint density at radius 2 is 1.93 bits per heavy atom. The number of carbonyl (C=O) groups is 1. The van der Waals surface area contributed by atoms with Gasteiger partial charge < -0.3 is 20.2 Å². The van der Waals surface area contributed by atoms with Crippen LogP contribution in [0.2, 0.25) is 0 Å². The second-order valence-corrected chi connectivity index (χ2v) is 7.24. The summed E-state index contributed by atoms with van der Waals surface area (Å²) >= 11 is 0. The smallest absolute Gasteiger partial charge is 0.249 e. The topological polar surface area (TPSA) is 81.6 Å². The summed E-state index contributed by atoms with van der Waals surface area (Å²) in [6, 6.07) is 6.95. The van der Waals surface area contributed by atoms with Gasteiger partial charge in [-0.15, -0.1) is 0 Å². The first-order chi connectivity index (χ1) is 13.1. The molecule has 7 heteroatoms. The van der Waals surface area contributed by atoms with Crippen LogP contribution in [0.5, 0.6) is 5.75 Å². The Hall–Kier alpha value is -2.83. The molecule has 0 saturated heterocycles. The average Bonchev–Trinajstić information content (AvgIpc) is 3.20. The van der Waals surface area contributed by atoms with E-state index < -0.39 is 0 Å². The molecule has 0 unspecified atom stereocenters. The predicted octanol–water partition coefficient (Wildman–Crippen LogP) is 3.43. The normalized spacial score (nSPS) is 20.1. The maximum atomic E-state index is 12.9. The molecule has 27 heavy (non-hydrogen) atoms. The predicted molar refractivity (Wildman–Crippen MR) is 106 cm³/mol. The van der Waals surface area contributed by atoms with E-state index in [1.54, 1.807) is 42.4 Å². The van der Waals surface area contributed by atoms with Gasteiger partial charge in [0.05, 0.1) is 6.20 Å². The van der Waals surface area contributed by atoms with Crippen LogP contribution in [0, 0.1) is 0 Å². The van der Waals surface area contributed by atoms with Crippen LogP contribution < -0.4 is 15.1 Å². The van der Waals surface area contributed by atoms with Gasteiger partial charge in [0.25, 0.3) is 0 Å². The molecule has 7 nitrogen and oxygen atoms in total.